The van der Waals surface area contributed by atoms with Crippen LogP contribution in [0.5, 0.6) is 0 Å². The Bertz CT molecular complexity index is 1740. The summed E-state index contributed by atoms with van der Waals surface area (Å²) < 4.78 is 0. The number of rotatable bonds is 12. The summed E-state index contributed by atoms with van der Waals surface area (Å²) in [7, 11) is 0. The van der Waals surface area contributed by atoms with Gasteiger partial charge in [-0.3, -0.25) is 14.5 Å². The van der Waals surface area contributed by atoms with Crippen molar-refractivity contribution >= 4 is 63.3 Å². The predicted octanol–water partition coefficient (Wildman–Crippen LogP) is 5.27. The number of nitrogens with one attached hydrogen (secondary N) is 2. The van der Waals surface area contributed by atoms with E-state index in [-0.39, 0.29) is 29.6 Å². The molecule has 0 saturated carbocycles. The van der Waals surface area contributed by atoms with Crippen molar-refractivity contribution in [2.24, 2.45) is 5.16 Å². The summed E-state index contributed by atoms with van der Waals surface area (Å²) in [5.74, 6) is -2.11. The van der Waals surface area contributed by atoms with Gasteiger partial charge in [0.1, 0.15) is 35.0 Å². The summed E-state index contributed by atoms with van der Waals surface area (Å²) in [5, 5.41) is 21.9. The van der Waals surface area contributed by atoms with Crippen LogP contribution in [0.3, 0.4) is 0 Å². The predicted molar refractivity (Wildman–Crippen MR) is 184 cm³/mol. The van der Waals surface area contributed by atoms with Crippen molar-refractivity contribution in [3.8, 4) is 0 Å². The smallest absolute Gasteiger partial charge is 0.352 e. The first-order valence-electron chi connectivity index (χ1n) is 14.8. The van der Waals surface area contributed by atoms with Gasteiger partial charge in [0.2, 0.25) is 0 Å². The van der Waals surface area contributed by atoms with Crippen LogP contribution in [0.4, 0.5) is 5.13 Å². The van der Waals surface area contributed by atoms with Crippen molar-refractivity contribution < 1.29 is 24.3 Å². The van der Waals surface area contributed by atoms with E-state index in [4.69, 9.17) is 21.4 Å². The molecule has 47 heavy (non-hydrogen) atoms. The molecular weight excluding hydrogens is 658 g/mol. The number of carboxylic acids is 1. The summed E-state index contributed by atoms with van der Waals surface area (Å²) in [4.78, 5) is 50.0. The lowest BCUT2D eigenvalue weighted by molar-refractivity contribution is -0.150. The number of thioether (sulfide) groups is 1. The Balaban J connectivity index is 1.31. The Morgan fingerprint density at radius 1 is 1.02 bits per heavy atom. The van der Waals surface area contributed by atoms with E-state index in [9.17, 15) is 19.5 Å². The molecule has 240 valence electrons. The quantitative estimate of drug-likeness (QED) is 0.0604. The number of aliphatic carboxylic acids is 1. The van der Waals surface area contributed by atoms with Gasteiger partial charge < -0.3 is 20.6 Å². The number of hydrogen-bond donors (Lipinski definition) is 3. The van der Waals surface area contributed by atoms with E-state index in [1.165, 1.54) is 28.0 Å². The van der Waals surface area contributed by atoms with E-state index in [1.807, 2.05) is 54.6 Å². The number of hydrogen-bond acceptors (Lipinski definition) is 9. The highest BCUT2D eigenvalue weighted by Crippen LogP contribution is 2.42. The van der Waals surface area contributed by atoms with Crippen LogP contribution in [0.15, 0.2) is 113 Å². The van der Waals surface area contributed by atoms with Crippen LogP contribution in [0, 0.1) is 0 Å². The van der Waals surface area contributed by atoms with E-state index in [0.29, 0.717) is 16.5 Å². The number of anilines is 1. The number of carbonyl (C=O) groups excluding carboxylic acids is 2. The summed E-state index contributed by atoms with van der Waals surface area (Å²) >= 11 is 8.59. The van der Waals surface area contributed by atoms with E-state index >= 15 is 0 Å². The molecule has 10 nitrogen and oxygen atoms in total. The standard InChI is InChI=1S/C34H30ClN5O5S2/c1-2-45-39-26(29(41)37-27-30(42)40-28(32(43)44)21(18-35)19-46-31(27)40)25-20-47-33(36-25)38-34(22-12-6-3-7-13-22,23-14-8-4-9-15-23)24-16-10-5-11-17-24/h3-17,20,27,31H,2,18-19H2,1H3,(H,36,38)(H,37,41)(H,43,44)/t27?,31-/m0/s1. The topological polar surface area (TPSA) is 133 Å². The number of amides is 2. The van der Waals surface area contributed by atoms with Crippen molar-refractivity contribution in [1.29, 1.82) is 0 Å². The molecule has 2 aliphatic rings. The second-order valence-corrected chi connectivity index (χ2v) is 12.9. The second-order valence-electron chi connectivity index (χ2n) is 10.6. The van der Waals surface area contributed by atoms with Crippen molar-refractivity contribution in [3.63, 3.8) is 0 Å². The van der Waals surface area contributed by atoms with Gasteiger partial charge in [0.05, 0.1) is 0 Å². The number of alkyl halides is 1. The molecule has 3 N–H and O–H groups in total. The van der Waals surface area contributed by atoms with Crippen LogP contribution >= 0.6 is 34.7 Å². The third kappa shape index (κ3) is 6.11. The number of benzene rings is 3. The van der Waals surface area contributed by atoms with Crippen LogP contribution < -0.4 is 10.6 Å². The first kappa shape index (κ1) is 32.3. The van der Waals surface area contributed by atoms with Gasteiger partial charge in [0, 0.05) is 17.0 Å². The molecule has 1 unspecified atom stereocenters. The fourth-order valence-corrected chi connectivity index (χ4v) is 8.14. The van der Waals surface area contributed by atoms with Crippen LogP contribution in [-0.4, -0.2) is 68.1 Å². The minimum absolute atomic E-state index is 0.00633. The summed E-state index contributed by atoms with van der Waals surface area (Å²) in [5.41, 5.74) is 2.59. The number of halogens is 1. The van der Waals surface area contributed by atoms with Crippen molar-refractivity contribution in [2.45, 2.75) is 23.9 Å². The lowest BCUT2D eigenvalue weighted by Crippen LogP contribution is -2.71. The zero-order valence-electron chi connectivity index (χ0n) is 25.1. The number of fused-ring (bicyclic) bond motifs is 1. The van der Waals surface area contributed by atoms with E-state index < -0.39 is 34.7 Å². The number of β-lactam (4-membered cyclic amide) rings is 1. The molecule has 2 atom stereocenters. The van der Waals surface area contributed by atoms with Crippen molar-refractivity contribution in [3.05, 3.63) is 130 Å². The van der Waals surface area contributed by atoms with Gasteiger partial charge in [-0.2, -0.15) is 0 Å². The lowest BCUT2D eigenvalue weighted by Gasteiger charge is -2.49. The second kappa shape index (κ2) is 14.0. The third-order valence-electron chi connectivity index (χ3n) is 7.86. The average molecular weight is 688 g/mol. The molecule has 2 amide bonds. The number of nitrogens with zero attached hydrogens (tertiary/aromatic N) is 3. The highest BCUT2D eigenvalue weighted by molar-refractivity contribution is 8.00. The molecule has 0 radical (unpaired) electrons. The van der Waals surface area contributed by atoms with Crippen LogP contribution in [0.25, 0.3) is 0 Å². The molecule has 0 spiro atoms. The number of aromatic nitrogens is 1. The molecule has 1 fully saturated rings. The minimum atomic E-state index is -1.23. The Morgan fingerprint density at radius 3 is 2.11 bits per heavy atom. The molecule has 6 rings (SSSR count). The Labute approximate surface area is 284 Å². The average Bonchev–Trinajstić information content (AvgIpc) is 3.57. The maximum atomic E-state index is 13.7. The van der Waals surface area contributed by atoms with E-state index in [1.54, 1.807) is 12.3 Å². The Hall–Kier alpha value is -4.65. The molecule has 2 aliphatic heterocycles. The van der Waals surface area contributed by atoms with E-state index in [2.05, 4.69) is 52.2 Å². The monoisotopic (exact) mass is 687 g/mol. The number of oxime groups is 1. The fourth-order valence-electron chi connectivity index (χ4n) is 5.71. The van der Waals surface area contributed by atoms with Crippen LogP contribution in [0.1, 0.15) is 29.3 Å². The molecule has 3 aromatic carbocycles. The van der Waals surface area contributed by atoms with Crippen LogP contribution in [-0.2, 0) is 24.8 Å². The summed E-state index contributed by atoms with van der Waals surface area (Å²) in [6.45, 7) is 1.94. The van der Waals surface area contributed by atoms with Crippen LogP contribution in [0.2, 0.25) is 0 Å². The zero-order valence-corrected chi connectivity index (χ0v) is 27.5. The van der Waals surface area contributed by atoms with Gasteiger partial charge in [-0.05, 0) is 29.2 Å². The molecule has 0 bridgehead atoms. The molecule has 1 aromatic heterocycles. The minimum Gasteiger partial charge on any atom is -0.477 e. The largest absolute Gasteiger partial charge is 0.477 e. The number of carbonyl (C=O) groups is 3. The first-order chi connectivity index (χ1) is 22.9. The number of carboxylic acid groups (broad SMARTS) is 1. The maximum Gasteiger partial charge on any atom is 0.352 e. The Morgan fingerprint density at radius 2 is 1.60 bits per heavy atom. The lowest BCUT2D eigenvalue weighted by atomic mass is 9.77. The first-order valence-corrected chi connectivity index (χ1v) is 17.2. The summed E-state index contributed by atoms with van der Waals surface area (Å²) in [6.07, 6.45) is 0. The van der Waals surface area contributed by atoms with Gasteiger partial charge in [-0.15, -0.1) is 34.7 Å². The SMILES string of the molecule is CCON=C(C(=O)NC1C(=O)N2C(C(=O)O)=C(CCl)CS[C@@H]12)c1csc(NC(c2ccccc2)(c2ccccc2)c2ccccc2)n1. The highest BCUT2D eigenvalue weighted by Gasteiger charge is 2.54. The van der Waals surface area contributed by atoms with Gasteiger partial charge in [-0.25, -0.2) is 9.78 Å². The van der Waals surface area contributed by atoms with E-state index in [0.717, 1.165) is 16.7 Å². The zero-order chi connectivity index (χ0) is 33.0. The third-order valence-corrected chi connectivity index (χ3v) is 10.3. The molecule has 1 saturated heterocycles. The van der Waals surface area contributed by atoms with Gasteiger partial charge >= 0.3 is 5.97 Å². The van der Waals surface area contributed by atoms with Gasteiger partial charge in [0.25, 0.3) is 11.8 Å². The molecule has 3 heterocycles. The maximum absolute atomic E-state index is 13.7. The summed E-state index contributed by atoms with van der Waals surface area (Å²) in [6, 6.07) is 29.2. The van der Waals surface area contributed by atoms with Gasteiger partial charge in [-0.1, -0.05) is 96.2 Å². The van der Waals surface area contributed by atoms with Gasteiger partial charge in [0.15, 0.2) is 10.8 Å². The molecule has 13 heteroatoms. The van der Waals surface area contributed by atoms with Crippen molar-refractivity contribution in [2.75, 3.05) is 23.6 Å². The molecular formula is C34H30ClN5O5S2. The molecule has 0 aliphatic carbocycles. The Kier molecular flexibility index (Phi) is 9.62. The normalized spacial score (nSPS) is 17.9. The highest BCUT2D eigenvalue weighted by atomic mass is 35.5. The fraction of sp³-hybridized carbons (Fsp3) is 0.206. The van der Waals surface area contributed by atoms with Crippen molar-refractivity contribution in [1.82, 2.24) is 15.2 Å². The number of thiazole rings is 1. The molecule has 4 aromatic rings.